The number of benzene rings is 1. The van der Waals surface area contributed by atoms with Gasteiger partial charge in [0, 0.05) is 5.92 Å². The second-order valence-electron chi connectivity index (χ2n) is 4.40. The van der Waals surface area contributed by atoms with Gasteiger partial charge in [-0.3, -0.25) is 0 Å². The second-order valence-corrected chi connectivity index (χ2v) is 4.40. The standard InChI is InChI=1S/C17H14FN/c1-13-7-4-2-3-5-8-14(13)11-15-9-6-10-16(12-19)17(15)18/h2-10,14H,1,11H2. The molecule has 0 aromatic heterocycles. The Kier molecular flexibility index (Phi) is 4.10. The molecular weight excluding hydrogens is 237 g/mol. The highest BCUT2D eigenvalue weighted by atomic mass is 19.1. The van der Waals surface area contributed by atoms with Crippen LogP contribution >= 0.6 is 0 Å². The highest BCUT2D eigenvalue weighted by Gasteiger charge is 2.14. The monoisotopic (exact) mass is 251 g/mol. The molecule has 94 valence electrons. The van der Waals surface area contributed by atoms with Crippen LogP contribution in [0.25, 0.3) is 0 Å². The van der Waals surface area contributed by atoms with Gasteiger partial charge in [0.25, 0.3) is 0 Å². The van der Waals surface area contributed by atoms with E-state index in [9.17, 15) is 4.39 Å². The summed E-state index contributed by atoms with van der Waals surface area (Å²) in [7, 11) is 0. The van der Waals surface area contributed by atoms with Gasteiger partial charge in [-0.1, -0.05) is 55.2 Å². The molecule has 0 heterocycles. The molecule has 0 saturated carbocycles. The molecular formula is C17H14FN. The van der Waals surface area contributed by atoms with Crippen molar-refractivity contribution in [2.45, 2.75) is 6.42 Å². The van der Waals surface area contributed by atoms with Crippen LogP contribution in [-0.2, 0) is 6.42 Å². The van der Waals surface area contributed by atoms with E-state index in [4.69, 9.17) is 5.26 Å². The van der Waals surface area contributed by atoms with E-state index in [1.165, 1.54) is 6.07 Å². The third kappa shape index (κ3) is 3.08. The van der Waals surface area contributed by atoms with Gasteiger partial charge in [-0.2, -0.15) is 5.26 Å². The maximum atomic E-state index is 14.0. The average Bonchev–Trinajstić information content (AvgIpc) is 2.40. The van der Waals surface area contributed by atoms with Crippen molar-refractivity contribution in [2.24, 2.45) is 5.92 Å². The summed E-state index contributed by atoms with van der Waals surface area (Å²) in [5, 5.41) is 8.84. The molecule has 0 saturated heterocycles. The van der Waals surface area contributed by atoms with Gasteiger partial charge in [-0.15, -0.1) is 0 Å². The van der Waals surface area contributed by atoms with Gasteiger partial charge < -0.3 is 0 Å². The Bertz CT molecular complexity index is 615. The normalized spacial score (nSPS) is 17.9. The number of hydrogen-bond acceptors (Lipinski definition) is 1. The maximum Gasteiger partial charge on any atom is 0.144 e. The molecule has 2 rings (SSSR count). The Hall–Kier alpha value is -2.40. The van der Waals surface area contributed by atoms with Crippen LogP contribution in [0.3, 0.4) is 0 Å². The molecule has 0 amide bonds. The fourth-order valence-electron chi connectivity index (χ4n) is 2.01. The summed E-state index contributed by atoms with van der Waals surface area (Å²) in [5.74, 6) is -0.377. The summed E-state index contributed by atoms with van der Waals surface area (Å²) >= 11 is 0. The quantitative estimate of drug-likeness (QED) is 0.776. The van der Waals surface area contributed by atoms with Crippen LogP contribution in [-0.4, -0.2) is 0 Å². The van der Waals surface area contributed by atoms with Gasteiger partial charge in [0.2, 0.25) is 0 Å². The Morgan fingerprint density at radius 2 is 2.00 bits per heavy atom. The molecule has 19 heavy (non-hydrogen) atoms. The number of hydrogen-bond donors (Lipinski definition) is 0. The first kappa shape index (κ1) is 13.0. The summed E-state index contributed by atoms with van der Waals surface area (Å²) in [6.07, 6.45) is 12.1. The van der Waals surface area contributed by atoms with E-state index in [1.807, 2.05) is 42.5 Å². The number of halogens is 1. The zero-order valence-corrected chi connectivity index (χ0v) is 10.5. The zero-order valence-electron chi connectivity index (χ0n) is 10.5. The van der Waals surface area contributed by atoms with E-state index in [0.29, 0.717) is 12.0 Å². The first-order valence-corrected chi connectivity index (χ1v) is 6.10. The minimum absolute atomic E-state index is 0.0460. The molecule has 1 unspecified atom stereocenters. The van der Waals surface area contributed by atoms with Crippen LogP contribution in [0.15, 0.2) is 66.8 Å². The van der Waals surface area contributed by atoms with Gasteiger partial charge in [-0.25, -0.2) is 4.39 Å². The SMILES string of the molecule is C=C1C=CC=CC=CC1Cc1cccc(C#N)c1F. The number of nitriles is 1. The molecule has 0 N–H and O–H groups in total. The highest BCUT2D eigenvalue weighted by molar-refractivity contribution is 5.37. The lowest BCUT2D eigenvalue weighted by Gasteiger charge is -2.15. The predicted molar refractivity (Wildman–Crippen MR) is 74.9 cm³/mol. The molecule has 1 aromatic carbocycles. The van der Waals surface area contributed by atoms with Crippen molar-refractivity contribution in [3.8, 4) is 6.07 Å². The van der Waals surface area contributed by atoms with Crippen LogP contribution in [0.2, 0.25) is 0 Å². The topological polar surface area (TPSA) is 23.8 Å². The zero-order chi connectivity index (χ0) is 13.7. The van der Waals surface area contributed by atoms with Crippen LogP contribution in [0, 0.1) is 23.1 Å². The Labute approximate surface area is 112 Å². The fourth-order valence-corrected chi connectivity index (χ4v) is 2.01. The van der Waals surface area contributed by atoms with Crippen LogP contribution in [0.1, 0.15) is 11.1 Å². The number of allylic oxidation sites excluding steroid dienone is 7. The molecule has 0 spiro atoms. The average molecular weight is 251 g/mol. The van der Waals surface area contributed by atoms with Gasteiger partial charge in [0.05, 0.1) is 5.56 Å². The highest BCUT2D eigenvalue weighted by Crippen LogP contribution is 2.22. The van der Waals surface area contributed by atoms with Crippen molar-refractivity contribution in [2.75, 3.05) is 0 Å². The maximum absolute atomic E-state index is 14.0. The molecule has 2 heteroatoms. The minimum atomic E-state index is -0.423. The van der Waals surface area contributed by atoms with E-state index in [0.717, 1.165) is 5.57 Å². The largest absolute Gasteiger partial charge is 0.205 e. The first-order valence-electron chi connectivity index (χ1n) is 6.10. The summed E-state index contributed by atoms with van der Waals surface area (Å²) in [6, 6.07) is 6.78. The van der Waals surface area contributed by atoms with Crippen molar-refractivity contribution >= 4 is 0 Å². The lowest BCUT2D eigenvalue weighted by molar-refractivity contribution is 0.595. The van der Waals surface area contributed by atoms with Gasteiger partial charge in [0.1, 0.15) is 11.9 Å². The summed E-state index contributed by atoms with van der Waals surface area (Å²) in [5.41, 5.74) is 1.57. The molecule has 1 aliphatic carbocycles. The minimum Gasteiger partial charge on any atom is -0.205 e. The van der Waals surface area contributed by atoms with E-state index in [2.05, 4.69) is 6.58 Å². The predicted octanol–water partition coefficient (Wildman–Crippen LogP) is 4.09. The lowest BCUT2D eigenvalue weighted by atomic mass is 9.90. The lowest BCUT2D eigenvalue weighted by Crippen LogP contribution is -2.06. The fraction of sp³-hybridized carbons (Fsp3) is 0.118. The Morgan fingerprint density at radius 3 is 2.79 bits per heavy atom. The molecule has 1 atom stereocenters. The van der Waals surface area contributed by atoms with Crippen LogP contribution in [0.4, 0.5) is 4.39 Å². The number of rotatable bonds is 2. The Morgan fingerprint density at radius 1 is 1.21 bits per heavy atom. The van der Waals surface area contributed by atoms with E-state index >= 15 is 0 Å². The van der Waals surface area contributed by atoms with Crippen molar-refractivity contribution in [3.05, 3.63) is 83.8 Å². The van der Waals surface area contributed by atoms with Crippen molar-refractivity contribution < 1.29 is 4.39 Å². The van der Waals surface area contributed by atoms with Crippen molar-refractivity contribution in [1.29, 1.82) is 5.26 Å². The molecule has 1 nitrogen and oxygen atoms in total. The third-order valence-electron chi connectivity index (χ3n) is 3.10. The van der Waals surface area contributed by atoms with Gasteiger partial charge >= 0.3 is 0 Å². The molecule has 0 bridgehead atoms. The summed E-state index contributed by atoms with van der Waals surface area (Å²) < 4.78 is 14.0. The summed E-state index contributed by atoms with van der Waals surface area (Å²) in [4.78, 5) is 0. The molecule has 1 aromatic rings. The summed E-state index contributed by atoms with van der Waals surface area (Å²) in [6.45, 7) is 4.01. The van der Waals surface area contributed by atoms with Crippen LogP contribution in [0.5, 0.6) is 0 Å². The molecule has 0 fully saturated rings. The first-order chi connectivity index (χ1) is 9.22. The third-order valence-corrected chi connectivity index (χ3v) is 3.10. The van der Waals surface area contributed by atoms with E-state index in [-0.39, 0.29) is 11.5 Å². The van der Waals surface area contributed by atoms with Gasteiger partial charge in [0.15, 0.2) is 0 Å². The molecule has 0 radical (unpaired) electrons. The number of nitrogens with zero attached hydrogens (tertiary/aromatic N) is 1. The second kappa shape index (κ2) is 5.97. The molecule has 0 aliphatic heterocycles. The van der Waals surface area contributed by atoms with E-state index < -0.39 is 5.82 Å². The molecule has 1 aliphatic rings. The smallest absolute Gasteiger partial charge is 0.144 e. The van der Waals surface area contributed by atoms with Gasteiger partial charge in [-0.05, 0) is 23.6 Å². The van der Waals surface area contributed by atoms with Crippen molar-refractivity contribution in [3.63, 3.8) is 0 Å². The Balaban J connectivity index is 2.28. The van der Waals surface area contributed by atoms with E-state index in [1.54, 1.807) is 12.1 Å². The van der Waals surface area contributed by atoms with Crippen molar-refractivity contribution in [1.82, 2.24) is 0 Å². The van der Waals surface area contributed by atoms with Crippen LogP contribution < -0.4 is 0 Å².